The zero-order chi connectivity index (χ0) is 12.8. The van der Waals surface area contributed by atoms with Crippen LogP contribution in [0.3, 0.4) is 0 Å². The molecule has 6 heteroatoms. The lowest BCUT2D eigenvalue weighted by atomic mass is 10.3. The van der Waals surface area contributed by atoms with Gasteiger partial charge in [-0.2, -0.15) is 4.98 Å². The number of nitrogens with zero attached hydrogens (tertiary/aromatic N) is 3. The van der Waals surface area contributed by atoms with E-state index < -0.39 is 0 Å². The van der Waals surface area contributed by atoms with Crippen LogP contribution in [-0.2, 0) is 4.79 Å². The van der Waals surface area contributed by atoms with Crippen LogP contribution in [0.1, 0.15) is 13.8 Å². The topological polar surface area (TPSA) is 70.2 Å². The smallest absolute Gasteiger partial charge is 0.244 e. The molecule has 1 atom stereocenters. The molecule has 0 aromatic carbocycles. The van der Waals surface area contributed by atoms with Crippen LogP contribution in [0.4, 0.5) is 11.8 Å². The van der Waals surface area contributed by atoms with Gasteiger partial charge in [0.1, 0.15) is 11.9 Å². The zero-order valence-corrected chi connectivity index (χ0v) is 10.7. The van der Waals surface area contributed by atoms with E-state index in [1.165, 1.54) is 0 Å². The summed E-state index contributed by atoms with van der Waals surface area (Å²) in [5, 5.41) is 6.06. The van der Waals surface area contributed by atoms with Gasteiger partial charge in [0.25, 0.3) is 0 Å². The highest BCUT2D eigenvalue weighted by molar-refractivity contribution is 5.83. The van der Waals surface area contributed by atoms with E-state index in [4.69, 9.17) is 0 Å². The van der Waals surface area contributed by atoms with Crippen molar-refractivity contribution < 1.29 is 4.79 Å². The minimum atomic E-state index is -0.311. The molecule has 1 aromatic rings. The van der Waals surface area contributed by atoms with Gasteiger partial charge in [-0.1, -0.05) is 0 Å². The molecule has 0 spiro atoms. The molecule has 1 aromatic heterocycles. The maximum absolute atomic E-state index is 11.7. The fourth-order valence-corrected chi connectivity index (χ4v) is 1.35. The summed E-state index contributed by atoms with van der Waals surface area (Å²) in [4.78, 5) is 21.5. The van der Waals surface area contributed by atoms with Gasteiger partial charge in [-0.3, -0.25) is 4.79 Å². The van der Waals surface area contributed by atoms with Crippen molar-refractivity contribution in [3.63, 3.8) is 0 Å². The summed E-state index contributed by atoms with van der Waals surface area (Å²) in [5.41, 5.74) is 0. The Bertz CT molecular complexity index is 380. The molecular formula is C11H19N5O. The third-order valence-electron chi connectivity index (χ3n) is 2.17. The summed E-state index contributed by atoms with van der Waals surface area (Å²) < 4.78 is 0. The highest BCUT2D eigenvalue weighted by Gasteiger charge is 2.14. The highest BCUT2D eigenvalue weighted by Crippen LogP contribution is 2.07. The molecule has 1 unspecified atom stereocenters. The van der Waals surface area contributed by atoms with E-state index in [2.05, 4.69) is 20.6 Å². The summed E-state index contributed by atoms with van der Waals surface area (Å²) in [5.74, 6) is 1.20. The van der Waals surface area contributed by atoms with Crippen molar-refractivity contribution in [2.24, 2.45) is 0 Å². The van der Waals surface area contributed by atoms with Gasteiger partial charge in [-0.05, 0) is 19.9 Å². The number of amides is 1. The van der Waals surface area contributed by atoms with Crippen molar-refractivity contribution in [1.82, 2.24) is 14.9 Å². The van der Waals surface area contributed by atoms with Crippen LogP contribution in [0.25, 0.3) is 0 Å². The first kappa shape index (κ1) is 13.2. The molecule has 6 nitrogen and oxygen atoms in total. The molecule has 0 aliphatic heterocycles. The Kier molecular flexibility index (Phi) is 4.68. The number of hydrogen-bond acceptors (Lipinski definition) is 5. The first-order valence-corrected chi connectivity index (χ1v) is 5.59. The average molecular weight is 237 g/mol. The Balaban J connectivity index is 2.68. The third kappa shape index (κ3) is 3.90. The Morgan fingerprint density at radius 1 is 1.53 bits per heavy atom. The summed E-state index contributed by atoms with van der Waals surface area (Å²) in [7, 11) is 3.45. The molecule has 0 saturated heterocycles. The first-order valence-electron chi connectivity index (χ1n) is 5.59. The average Bonchev–Trinajstić information content (AvgIpc) is 2.28. The van der Waals surface area contributed by atoms with Crippen molar-refractivity contribution >= 4 is 17.7 Å². The SMILES string of the molecule is CCNc1nccc(NC(C)C(=O)N(C)C)n1. The Morgan fingerprint density at radius 2 is 2.24 bits per heavy atom. The first-order chi connectivity index (χ1) is 8.04. The normalized spacial score (nSPS) is 11.8. The van der Waals surface area contributed by atoms with Crippen LogP contribution in [0.2, 0.25) is 0 Å². The number of rotatable bonds is 5. The molecule has 1 rings (SSSR count). The minimum absolute atomic E-state index is 0.00797. The van der Waals surface area contributed by atoms with Gasteiger partial charge in [-0.15, -0.1) is 0 Å². The van der Waals surface area contributed by atoms with E-state index in [1.807, 2.05) is 6.92 Å². The number of carbonyl (C=O) groups is 1. The number of anilines is 2. The van der Waals surface area contributed by atoms with Crippen LogP contribution in [-0.4, -0.2) is 47.5 Å². The number of hydrogen-bond donors (Lipinski definition) is 2. The lowest BCUT2D eigenvalue weighted by molar-refractivity contribution is -0.129. The second-order valence-electron chi connectivity index (χ2n) is 3.89. The quantitative estimate of drug-likeness (QED) is 0.792. The predicted molar refractivity (Wildman–Crippen MR) is 68.0 cm³/mol. The molecule has 0 bridgehead atoms. The van der Waals surface area contributed by atoms with Gasteiger partial charge < -0.3 is 15.5 Å². The van der Waals surface area contributed by atoms with E-state index in [0.717, 1.165) is 6.54 Å². The number of likely N-dealkylation sites (N-methyl/N-ethyl adjacent to an activating group) is 1. The van der Waals surface area contributed by atoms with Gasteiger partial charge in [0.15, 0.2) is 0 Å². The summed E-state index contributed by atoms with van der Waals surface area (Å²) in [6, 6.07) is 1.43. The fourth-order valence-electron chi connectivity index (χ4n) is 1.35. The van der Waals surface area contributed by atoms with Crippen molar-refractivity contribution in [2.75, 3.05) is 31.3 Å². The number of nitrogens with one attached hydrogen (secondary N) is 2. The van der Waals surface area contributed by atoms with Crippen LogP contribution < -0.4 is 10.6 Å². The van der Waals surface area contributed by atoms with E-state index in [-0.39, 0.29) is 11.9 Å². The molecule has 1 heterocycles. The largest absolute Gasteiger partial charge is 0.358 e. The maximum atomic E-state index is 11.7. The van der Waals surface area contributed by atoms with Crippen molar-refractivity contribution in [3.05, 3.63) is 12.3 Å². The summed E-state index contributed by atoms with van der Waals surface area (Å²) in [6.07, 6.45) is 1.65. The van der Waals surface area contributed by atoms with Gasteiger partial charge in [0, 0.05) is 26.8 Å². The summed E-state index contributed by atoms with van der Waals surface area (Å²) >= 11 is 0. The second kappa shape index (κ2) is 6.03. The molecule has 17 heavy (non-hydrogen) atoms. The minimum Gasteiger partial charge on any atom is -0.358 e. The number of aromatic nitrogens is 2. The lowest BCUT2D eigenvalue weighted by Gasteiger charge is -2.18. The predicted octanol–water partition coefficient (Wildman–Crippen LogP) is 0.797. The molecule has 2 N–H and O–H groups in total. The standard InChI is InChI=1S/C11H19N5O/c1-5-12-11-13-7-6-9(15-11)14-8(2)10(17)16(3)4/h6-8H,5H2,1-4H3,(H2,12,13,14,15). The lowest BCUT2D eigenvalue weighted by Crippen LogP contribution is -2.36. The van der Waals surface area contributed by atoms with E-state index in [9.17, 15) is 4.79 Å². The summed E-state index contributed by atoms with van der Waals surface area (Å²) in [6.45, 7) is 4.54. The van der Waals surface area contributed by atoms with Crippen LogP contribution in [0.15, 0.2) is 12.3 Å². The van der Waals surface area contributed by atoms with E-state index in [0.29, 0.717) is 11.8 Å². The maximum Gasteiger partial charge on any atom is 0.244 e. The van der Waals surface area contributed by atoms with Gasteiger partial charge in [0.2, 0.25) is 11.9 Å². The van der Waals surface area contributed by atoms with E-state index in [1.54, 1.807) is 38.2 Å². The fraction of sp³-hybridized carbons (Fsp3) is 0.545. The molecule has 0 aliphatic rings. The molecule has 94 valence electrons. The molecule has 0 saturated carbocycles. The third-order valence-corrected chi connectivity index (χ3v) is 2.17. The van der Waals surface area contributed by atoms with Gasteiger partial charge in [0.05, 0.1) is 0 Å². The Labute approximate surface area is 101 Å². The Morgan fingerprint density at radius 3 is 2.82 bits per heavy atom. The highest BCUT2D eigenvalue weighted by atomic mass is 16.2. The molecule has 0 radical (unpaired) electrons. The van der Waals surface area contributed by atoms with Crippen LogP contribution >= 0.6 is 0 Å². The Hall–Kier alpha value is -1.85. The van der Waals surface area contributed by atoms with Crippen molar-refractivity contribution in [1.29, 1.82) is 0 Å². The van der Waals surface area contributed by atoms with Crippen molar-refractivity contribution in [2.45, 2.75) is 19.9 Å². The monoisotopic (exact) mass is 237 g/mol. The molecular weight excluding hydrogens is 218 g/mol. The molecule has 0 aliphatic carbocycles. The van der Waals surface area contributed by atoms with Crippen molar-refractivity contribution in [3.8, 4) is 0 Å². The zero-order valence-electron chi connectivity index (χ0n) is 10.7. The van der Waals surface area contributed by atoms with Gasteiger partial charge in [-0.25, -0.2) is 4.98 Å². The van der Waals surface area contributed by atoms with Gasteiger partial charge >= 0.3 is 0 Å². The second-order valence-corrected chi connectivity index (χ2v) is 3.89. The van der Waals surface area contributed by atoms with Crippen LogP contribution in [0.5, 0.6) is 0 Å². The molecule has 1 amide bonds. The molecule has 0 fully saturated rings. The van der Waals surface area contributed by atoms with E-state index >= 15 is 0 Å². The van der Waals surface area contributed by atoms with Crippen LogP contribution in [0, 0.1) is 0 Å². The number of carbonyl (C=O) groups excluding carboxylic acids is 1.